The van der Waals surface area contributed by atoms with Gasteiger partial charge in [0.1, 0.15) is 0 Å². The first-order valence-electron chi connectivity index (χ1n) is 9.34. The predicted molar refractivity (Wildman–Crippen MR) is 120 cm³/mol. The van der Waals surface area contributed by atoms with E-state index in [1.165, 1.54) is 5.56 Å². The van der Waals surface area contributed by atoms with E-state index in [-0.39, 0.29) is 36.3 Å². The smallest absolute Gasteiger partial charge is 0.239 e. The Labute approximate surface area is 180 Å². The number of amides is 1. The standard InChI is InChI=1S/C22H29N3O.2ClH/c1-24(2)22(19-11-7-4-8-12-19)13-15-25(16-14-22)21(26)20(23)17-18-9-5-3-6-10-18;;/h3-12,20H,13-17,23H2,1-2H3;2*1H. The summed E-state index contributed by atoms with van der Waals surface area (Å²) in [7, 11) is 4.26. The number of nitrogens with two attached hydrogens (primary N) is 1. The Kier molecular flexibility index (Phi) is 9.45. The first kappa shape index (κ1) is 24.4. The van der Waals surface area contributed by atoms with Gasteiger partial charge in [0.2, 0.25) is 5.91 Å². The third-order valence-corrected chi connectivity index (χ3v) is 5.69. The van der Waals surface area contributed by atoms with E-state index < -0.39 is 6.04 Å². The van der Waals surface area contributed by atoms with Gasteiger partial charge in [0.25, 0.3) is 0 Å². The van der Waals surface area contributed by atoms with Gasteiger partial charge in [0, 0.05) is 18.6 Å². The minimum atomic E-state index is -0.471. The fraction of sp³-hybridized carbons (Fsp3) is 0.409. The monoisotopic (exact) mass is 423 g/mol. The number of likely N-dealkylation sites (tertiary alicyclic amines) is 1. The van der Waals surface area contributed by atoms with Crippen LogP contribution in [0.1, 0.15) is 24.0 Å². The van der Waals surface area contributed by atoms with Crippen LogP contribution in [-0.4, -0.2) is 48.9 Å². The van der Waals surface area contributed by atoms with Crippen LogP contribution in [0.3, 0.4) is 0 Å². The number of hydrogen-bond acceptors (Lipinski definition) is 3. The van der Waals surface area contributed by atoms with E-state index >= 15 is 0 Å². The molecule has 1 aliphatic heterocycles. The Morgan fingerprint density at radius 3 is 2.00 bits per heavy atom. The minimum absolute atomic E-state index is 0. The largest absolute Gasteiger partial charge is 0.341 e. The van der Waals surface area contributed by atoms with E-state index in [0.29, 0.717) is 6.42 Å². The molecule has 2 aromatic rings. The SMILES string of the molecule is CN(C)C1(c2ccccc2)CCN(C(=O)C(N)Cc2ccccc2)CC1.Cl.Cl. The Bertz CT molecular complexity index is 717. The zero-order valence-corrected chi connectivity index (χ0v) is 18.2. The molecule has 1 heterocycles. The number of halogens is 2. The first-order chi connectivity index (χ1) is 12.5. The average Bonchev–Trinajstić information content (AvgIpc) is 2.68. The molecule has 0 bridgehead atoms. The molecule has 0 radical (unpaired) electrons. The fourth-order valence-electron chi connectivity index (χ4n) is 4.03. The molecule has 6 heteroatoms. The van der Waals surface area contributed by atoms with Crippen LogP contribution < -0.4 is 5.73 Å². The molecule has 1 atom stereocenters. The molecule has 0 aromatic heterocycles. The molecule has 0 aliphatic carbocycles. The van der Waals surface area contributed by atoms with E-state index in [1.807, 2.05) is 41.3 Å². The second-order valence-electron chi connectivity index (χ2n) is 7.41. The molecule has 2 N–H and O–H groups in total. The summed E-state index contributed by atoms with van der Waals surface area (Å²) in [5, 5.41) is 0. The van der Waals surface area contributed by atoms with Gasteiger partial charge in [-0.25, -0.2) is 0 Å². The van der Waals surface area contributed by atoms with Crippen molar-refractivity contribution >= 4 is 30.7 Å². The molecule has 2 aromatic carbocycles. The molecule has 0 spiro atoms. The summed E-state index contributed by atoms with van der Waals surface area (Å²) in [6, 6.07) is 20.1. The number of benzene rings is 2. The molecule has 4 nitrogen and oxygen atoms in total. The van der Waals surface area contributed by atoms with E-state index in [2.05, 4.69) is 43.3 Å². The van der Waals surface area contributed by atoms with Gasteiger partial charge in [0.15, 0.2) is 0 Å². The van der Waals surface area contributed by atoms with Crippen LogP contribution >= 0.6 is 24.8 Å². The zero-order valence-electron chi connectivity index (χ0n) is 16.6. The number of nitrogens with zero attached hydrogens (tertiary/aromatic N) is 2. The Hall–Kier alpha value is -1.59. The summed E-state index contributed by atoms with van der Waals surface area (Å²) in [5.74, 6) is 0.0641. The van der Waals surface area contributed by atoms with Gasteiger partial charge >= 0.3 is 0 Å². The summed E-state index contributed by atoms with van der Waals surface area (Å²) < 4.78 is 0. The topological polar surface area (TPSA) is 49.6 Å². The van der Waals surface area contributed by atoms with Crippen molar-refractivity contribution in [2.24, 2.45) is 5.73 Å². The highest BCUT2D eigenvalue weighted by atomic mass is 35.5. The van der Waals surface area contributed by atoms with Crippen molar-refractivity contribution in [2.45, 2.75) is 30.8 Å². The molecule has 1 amide bonds. The average molecular weight is 424 g/mol. The summed E-state index contributed by atoms with van der Waals surface area (Å²) >= 11 is 0. The van der Waals surface area contributed by atoms with Crippen LogP contribution in [0, 0.1) is 0 Å². The van der Waals surface area contributed by atoms with Crippen molar-refractivity contribution in [3.05, 3.63) is 71.8 Å². The van der Waals surface area contributed by atoms with Crippen LogP contribution in [0.15, 0.2) is 60.7 Å². The molecular weight excluding hydrogens is 393 g/mol. The predicted octanol–water partition coefficient (Wildman–Crippen LogP) is 3.48. The first-order valence-corrected chi connectivity index (χ1v) is 9.34. The van der Waals surface area contributed by atoms with Gasteiger partial charge in [-0.2, -0.15) is 0 Å². The number of piperidine rings is 1. The van der Waals surface area contributed by atoms with E-state index in [1.54, 1.807) is 0 Å². The normalized spacial score (nSPS) is 16.6. The highest BCUT2D eigenvalue weighted by Gasteiger charge is 2.39. The van der Waals surface area contributed by atoms with Gasteiger partial charge in [-0.15, -0.1) is 24.8 Å². The summed E-state index contributed by atoms with van der Waals surface area (Å²) in [6.45, 7) is 1.49. The lowest BCUT2D eigenvalue weighted by atomic mass is 9.79. The zero-order chi connectivity index (χ0) is 18.6. The van der Waals surface area contributed by atoms with Crippen LogP contribution in [0.25, 0.3) is 0 Å². The second-order valence-corrected chi connectivity index (χ2v) is 7.41. The van der Waals surface area contributed by atoms with Gasteiger partial charge in [-0.05, 0) is 44.5 Å². The quantitative estimate of drug-likeness (QED) is 0.800. The maximum Gasteiger partial charge on any atom is 0.239 e. The number of hydrogen-bond donors (Lipinski definition) is 1. The van der Waals surface area contributed by atoms with Crippen molar-refractivity contribution in [1.82, 2.24) is 9.80 Å². The molecular formula is C22H31Cl2N3O. The van der Waals surface area contributed by atoms with Crippen molar-refractivity contribution in [1.29, 1.82) is 0 Å². The Morgan fingerprint density at radius 1 is 1.00 bits per heavy atom. The number of carbonyl (C=O) groups excluding carboxylic acids is 1. The fourth-order valence-corrected chi connectivity index (χ4v) is 4.03. The number of carbonyl (C=O) groups is 1. The highest BCUT2D eigenvalue weighted by molar-refractivity contribution is 5.85. The molecule has 28 heavy (non-hydrogen) atoms. The summed E-state index contributed by atoms with van der Waals surface area (Å²) in [5.41, 5.74) is 8.64. The lowest BCUT2D eigenvalue weighted by Gasteiger charge is -2.47. The molecule has 1 aliphatic rings. The third kappa shape index (κ3) is 5.26. The van der Waals surface area contributed by atoms with Crippen molar-refractivity contribution < 1.29 is 4.79 Å². The van der Waals surface area contributed by atoms with Crippen LogP contribution in [0.4, 0.5) is 0 Å². The van der Waals surface area contributed by atoms with Crippen molar-refractivity contribution in [3.8, 4) is 0 Å². The van der Waals surface area contributed by atoms with Gasteiger partial charge in [0.05, 0.1) is 6.04 Å². The van der Waals surface area contributed by atoms with Gasteiger partial charge in [-0.3, -0.25) is 9.69 Å². The van der Waals surface area contributed by atoms with Crippen molar-refractivity contribution in [3.63, 3.8) is 0 Å². The molecule has 3 rings (SSSR count). The van der Waals surface area contributed by atoms with Crippen molar-refractivity contribution in [2.75, 3.05) is 27.2 Å². The third-order valence-electron chi connectivity index (χ3n) is 5.69. The molecule has 1 saturated heterocycles. The van der Waals surface area contributed by atoms with Crippen LogP contribution in [-0.2, 0) is 16.8 Å². The van der Waals surface area contributed by atoms with Gasteiger partial charge in [-0.1, -0.05) is 60.7 Å². The second kappa shape index (κ2) is 10.8. The van der Waals surface area contributed by atoms with E-state index in [0.717, 1.165) is 31.5 Å². The maximum absolute atomic E-state index is 12.8. The number of rotatable bonds is 5. The summed E-state index contributed by atoms with van der Waals surface area (Å²) in [6.07, 6.45) is 2.44. The molecule has 1 fully saturated rings. The summed E-state index contributed by atoms with van der Waals surface area (Å²) in [4.78, 5) is 17.0. The van der Waals surface area contributed by atoms with Crippen LogP contribution in [0.2, 0.25) is 0 Å². The Morgan fingerprint density at radius 2 is 1.50 bits per heavy atom. The molecule has 0 saturated carbocycles. The van der Waals surface area contributed by atoms with Crippen LogP contribution in [0.5, 0.6) is 0 Å². The Balaban J connectivity index is 0.00000196. The maximum atomic E-state index is 12.8. The lowest BCUT2D eigenvalue weighted by Crippen LogP contribution is -2.54. The highest BCUT2D eigenvalue weighted by Crippen LogP contribution is 2.37. The van der Waals surface area contributed by atoms with E-state index in [4.69, 9.17) is 5.73 Å². The molecule has 154 valence electrons. The van der Waals surface area contributed by atoms with E-state index in [9.17, 15) is 4.79 Å². The lowest BCUT2D eigenvalue weighted by molar-refractivity contribution is -0.135. The van der Waals surface area contributed by atoms with Gasteiger partial charge < -0.3 is 10.6 Å². The molecule has 1 unspecified atom stereocenters. The minimum Gasteiger partial charge on any atom is -0.341 e.